The quantitative estimate of drug-likeness (QED) is 0.788. The van der Waals surface area contributed by atoms with E-state index < -0.39 is 0 Å². The highest BCUT2D eigenvalue weighted by atomic mass is 16.5. The van der Waals surface area contributed by atoms with E-state index in [0.717, 1.165) is 36.8 Å². The van der Waals surface area contributed by atoms with Crippen LogP contribution in [0.3, 0.4) is 0 Å². The van der Waals surface area contributed by atoms with E-state index in [0.29, 0.717) is 18.6 Å². The predicted molar refractivity (Wildman–Crippen MR) is 74.0 cm³/mol. The van der Waals surface area contributed by atoms with Gasteiger partial charge in [0, 0.05) is 42.1 Å². The maximum atomic E-state index is 5.87. The fraction of sp³-hybridized carbons (Fsp3) is 0.571. The van der Waals surface area contributed by atoms with Gasteiger partial charge >= 0.3 is 0 Å². The van der Waals surface area contributed by atoms with Gasteiger partial charge in [0.2, 0.25) is 0 Å². The summed E-state index contributed by atoms with van der Waals surface area (Å²) in [7, 11) is 0. The number of rotatable bonds is 5. The minimum atomic E-state index is 0.378. The summed E-state index contributed by atoms with van der Waals surface area (Å²) in [5.41, 5.74) is 7.61. The Balaban J connectivity index is 2.03. The molecule has 2 rings (SSSR count). The van der Waals surface area contributed by atoms with Crippen LogP contribution in [0.2, 0.25) is 0 Å². The van der Waals surface area contributed by atoms with Crippen molar-refractivity contribution < 1.29 is 9.47 Å². The molecule has 1 saturated heterocycles. The van der Waals surface area contributed by atoms with Crippen LogP contribution in [0, 0.1) is 5.92 Å². The zero-order valence-electron chi connectivity index (χ0n) is 11.1. The highest BCUT2D eigenvalue weighted by Gasteiger charge is 2.22. The van der Waals surface area contributed by atoms with Gasteiger partial charge in [0.25, 0.3) is 0 Å². The standard InChI is InChI=1S/C14H22N2O2/c1-3-18-14-7-12(15)6-13(8-14)16-10(2)11-4-5-17-9-11/h6-8,10-11,16H,3-5,9,15H2,1-2H3. The fourth-order valence-corrected chi connectivity index (χ4v) is 2.28. The lowest BCUT2D eigenvalue weighted by Gasteiger charge is -2.21. The summed E-state index contributed by atoms with van der Waals surface area (Å²) in [4.78, 5) is 0. The molecule has 0 saturated carbocycles. The summed E-state index contributed by atoms with van der Waals surface area (Å²) in [5.74, 6) is 1.39. The van der Waals surface area contributed by atoms with Gasteiger partial charge in [-0.05, 0) is 26.3 Å². The zero-order chi connectivity index (χ0) is 13.0. The van der Waals surface area contributed by atoms with Crippen LogP contribution in [0.25, 0.3) is 0 Å². The van der Waals surface area contributed by atoms with E-state index in [2.05, 4.69) is 12.2 Å². The van der Waals surface area contributed by atoms with Crippen molar-refractivity contribution in [2.75, 3.05) is 30.9 Å². The van der Waals surface area contributed by atoms with Gasteiger partial charge in [-0.1, -0.05) is 0 Å². The van der Waals surface area contributed by atoms with Crippen LogP contribution in [-0.4, -0.2) is 25.9 Å². The largest absolute Gasteiger partial charge is 0.494 e. The Kier molecular flexibility index (Phi) is 4.31. The van der Waals surface area contributed by atoms with E-state index in [4.69, 9.17) is 15.2 Å². The molecule has 4 nitrogen and oxygen atoms in total. The second-order valence-corrected chi connectivity index (χ2v) is 4.78. The Labute approximate surface area is 108 Å². The van der Waals surface area contributed by atoms with Gasteiger partial charge in [-0.3, -0.25) is 0 Å². The molecule has 2 unspecified atom stereocenters. The van der Waals surface area contributed by atoms with E-state index in [9.17, 15) is 0 Å². The number of benzene rings is 1. The molecule has 1 aromatic carbocycles. The molecule has 0 spiro atoms. The molecule has 1 aromatic rings. The third-order valence-electron chi connectivity index (χ3n) is 3.31. The van der Waals surface area contributed by atoms with E-state index in [1.807, 2.05) is 25.1 Å². The normalized spacial score (nSPS) is 20.7. The molecule has 100 valence electrons. The van der Waals surface area contributed by atoms with Crippen molar-refractivity contribution in [2.45, 2.75) is 26.3 Å². The topological polar surface area (TPSA) is 56.5 Å². The van der Waals surface area contributed by atoms with Gasteiger partial charge in [0.05, 0.1) is 13.2 Å². The maximum absolute atomic E-state index is 5.87. The summed E-state index contributed by atoms with van der Waals surface area (Å²) in [5, 5.41) is 3.48. The lowest BCUT2D eigenvalue weighted by molar-refractivity contribution is 0.183. The number of nitrogens with one attached hydrogen (secondary N) is 1. The molecule has 3 N–H and O–H groups in total. The molecule has 1 aliphatic heterocycles. The first-order chi connectivity index (χ1) is 8.69. The smallest absolute Gasteiger partial charge is 0.123 e. The van der Waals surface area contributed by atoms with Crippen molar-refractivity contribution in [1.29, 1.82) is 0 Å². The molecule has 18 heavy (non-hydrogen) atoms. The molecular formula is C14H22N2O2. The summed E-state index contributed by atoms with van der Waals surface area (Å²) in [6.45, 7) is 6.51. The SMILES string of the molecule is CCOc1cc(N)cc(NC(C)C2CCOC2)c1. The molecule has 1 heterocycles. The molecular weight excluding hydrogens is 228 g/mol. The first-order valence-electron chi connectivity index (χ1n) is 6.56. The third kappa shape index (κ3) is 3.29. The summed E-state index contributed by atoms with van der Waals surface area (Å²) < 4.78 is 10.9. The molecule has 1 fully saturated rings. The Morgan fingerprint density at radius 2 is 2.33 bits per heavy atom. The zero-order valence-corrected chi connectivity index (χ0v) is 11.1. The second-order valence-electron chi connectivity index (χ2n) is 4.78. The minimum absolute atomic E-state index is 0.378. The minimum Gasteiger partial charge on any atom is -0.494 e. The molecule has 4 heteroatoms. The summed E-state index contributed by atoms with van der Waals surface area (Å²) in [6.07, 6.45) is 1.12. The van der Waals surface area contributed by atoms with E-state index in [1.54, 1.807) is 0 Å². The second kappa shape index (κ2) is 5.96. The Hall–Kier alpha value is -1.42. The molecule has 0 bridgehead atoms. The van der Waals surface area contributed by atoms with Gasteiger partial charge in [-0.25, -0.2) is 0 Å². The maximum Gasteiger partial charge on any atom is 0.123 e. The van der Waals surface area contributed by atoms with Crippen molar-refractivity contribution in [3.05, 3.63) is 18.2 Å². The van der Waals surface area contributed by atoms with Crippen molar-refractivity contribution in [2.24, 2.45) is 5.92 Å². The lowest BCUT2D eigenvalue weighted by atomic mass is 10.0. The van der Waals surface area contributed by atoms with Gasteiger partial charge in [0.1, 0.15) is 5.75 Å². The number of anilines is 2. The summed E-state index contributed by atoms with van der Waals surface area (Å²) in [6, 6.07) is 6.16. The van der Waals surface area contributed by atoms with Gasteiger partial charge < -0.3 is 20.5 Å². The molecule has 0 aromatic heterocycles. The Morgan fingerprint density at radius 1 is 1.50 bits per heavy atom. The van der Waals surface area contributed by atoms with E-state index in [1.165, 1.54) is 0 Å². The van der Waals surface area contributed by atoms with E-state index >= 15 is 0 Å². The number of nitrogens with two attached hydrogens (primary N) is 1. The molecule has 1 aliphatic rings. The van der Waals surface area contributed by atoms with Crippen molar-refractivity contribution in [3.8, 4) is 5.75 Å². The fourth-order valence-electron chi connectivity index (χ4n) is 2.28. The highest BCUT2D eigenvalue weighted by molar-refractivity contribution is 5.59. The Bertz CT molecular complexity index is 389. The van der Waals surface area contributed by atoms with Crippen LogP contribution in [-0.2, 0) is 4.74 Å². The van der Waals surface area contributed by atoms with Crippen LogP contribution in [0.5, 0.6) is 5.75 Å². The van der Waals surface area contributed by atoms with Crippen LogP contribution >= 0.6 is 0 Å². The predicted octanol–water partition coefficient (Wildman–Crippen LogP) is 2.50. The molecule has 0 amide bonds. The van der Waals surface area contributed by atoms with Crippen molar-refractivity contribution in [3.63, 3.8) is 0 Å². The van der Waals surface area contributed by atoms with Gasteiger partial charge in [-0.2, -0.15) is 0 Å². The molecule has 0 aliphatic carbocycles. The van der Waals surface area contributed by atoms with Crippen LogP contribution in [0.1, 0.15) is 20.3 Å². The van der Waals surface area contributed by atoms with E-state index in [-0.39, 0.29) is 0 Å². The number of hydrogen-bond acceptors (Lipinski definition) is 4. The number of hydrogen-bond donors (Lipinski definition) is 2. The highest BCUT2D eigenvalue weighted by Crippen LogP contribution is 2.25. The number of nitrogen functional groups attached to an aromatic ring is 1. The van der Waals surface area contributed by atoms with Crippen molar-refractivity contribution >= 4 is 11.4 Å². The van der Waals surface area contributed by atoms with Crippen LogP contribution < -0.4 is 15.8 Å². The summed E-state index contributed by atoms with van der Waals surface area (Å²) >= 11 is 0. The van der Waals surface area contributed by atoms with Crippen molar-refractivity contribution in [1.82, 2.24) is 0 Å². The monoisotopic (exact) mass is 250 g/mol. The molecule has 2 atom stereocenters. The van der Waals surface area contributed by atoms with Crippen LogP contribution in [0.15, 0.2) is 18.2 Å². The van der Waals surface area contributed by atoms with Gasteiger partial charge in [0.15, 0.2) is 0 Å². The average Bonchev–Trinajstić information content (AvgIpc) is 2.81. The Morgan fingerprint density at radius 3 is 3.00 bits per heavy atom. The first kappa shape index (κ1) is 13.0. The lowest BCUT2D eigenvalue weighted by Crippen LogP contribution is -2.26. The molecule has 0 radical (unpaired) electrons. The average molecular weight is 250 g/mol. The van der Waals surface area contributed by atoms with Gasteiger partial charge in [-0.15, -0.1) is 0 Å². The van der Waals surface area contributed by atoms with Crippen LogP contribution in [0.4, 0.5) is 11.4 Å². The number of ether oxygens (including phenoxy) is 2. The third-order valence-corrected chi connectivity index (χ3v) is 3.31. The first-order valence-corrected chi connectivity index (χ1v) is 6.56.